The number of pyridine rings is 1. The minimum atomic E-state index is -0.142. The number of carbonyl (C=O) groups excluding carboxylic acids is 2. The molecule has 3 rings (SSSR count). The molecule has 3 heterocycles. The van der Waals surface area contributed by atoms with Crippen LogP contribution in [0.25, 0.3) is 0 Å². The molecule has 0 bridgehead atoms. The summed E-state index contributed by atoms with van der Waals surface area (Å²) in [6, 6.07) is 3.65. The molecule has 1 atom stereocenters. The molecule has 2 aliphatic rings. The van der Waals surface area contributed by atoms with E-state index < -0.39 is 0 Å². The molecule has 1 N–H and O–H groups in total. The second kappa shape index (κ2) is 7.51. The molecule has 0 radical (unpaired) electrons. The highest BCUT2D eigenvalue weighted by Gasteiger charge is 2.28. The molecule has 0 aromatic carbocycles. The third-order valence-corrected chi connectivity index (χ3v) is 4.45. The lowest BCUT2D eigenvalue weighted by Crippen LogP contribution is -2.44. The first-order chi connectivity index (χ1) is 11.6. The predicted molar refractivity (Wildman–Crippen MR) is 88.8 cm³/mol. The fourth-order valence-electron chi connectivity index (χ4n) is 3.04. The molecule has 2 aliphatic heterocycles. The van der Waals surface area contributed by atoms with E-state index in [1.165, 1.54) is 0 Å². The predicted octanol–water partition coefficient (Wildman–Crippen LogP) is 1.18. The molecule has 0 saturated carbocycles. The zero-order valence-corrected chi connectivity index (χ0v) is 14.0. The average molecular weight is 332 g/mol. The van der Waals surface area contributed by atoms with Crippen LogP contribution in [0.2, 0.25) is 0 Å². The maximum Gasteiger partial charge on any atom is 0.317 e. The van der Waals surface area contributed by atoms with Crippen molar-refractivity contribution in [1.29, 1.82) is 0 Å². The summed E-state index contributed by atoms with van der Waals surface area (Å²) >= 11 is 0. The van der Waals surface area contributed by atoms with Gasteiger partial charge < -0.3 is 19.9 Å². The molecule has 7 heteroatoms. The van der Waals surface area contributed by atoms with Gasteiger partial charge in [0, 0.05) is 38.3 Å². The van der Waals surface area contributed by atoms with Gasteiger partial charge in [-0.3, -0.25) is 4.79 Å². The highest BCUT2D eigenvalue weighted by atomic mass is 16.5. The van der Waals surface area contributed by atoms with Crippen LogP contribution in [0.15, 0.2) is 18.3 Å². The Kier molecular flexibility index (Phi) is 5.17. The molecular formula is C17H24N4O3. The highest BCUT2D eigenvalue weighted by molar-refractivity contribution is 5.84. The Balaban J connectivity index is 1.42. The Morgan fingerprint density at radius 2 is 2.04 bits per heavy atom. The Morgan fingerprint density at radius 1 is 1.25 bits per heavy atom. The Bertz CT molecular complexity index is 584. The largest absolute Gasteiger partial charge is 0.472 e. The Labute approximate surface area is 142 Å². The summed E-state index contributed by atoms with van der Waals surface area (Å²) in [5, 5.41) is 2.71. The lowest BCUT2D eigenvalue weighted by atomic mass is 10.3. The zero-order chi connectivity index (χ0) is 16.9. The Hall–Kier alpha value is -2.31. The van der Waals surface area contributed by atoms with Crippen molar-refractivity contribution in [2.45, 2.75) is 32.3 Å². The smallest absolute Gasteiger partial charge is 0.317 e. The van der Waals surface area contributed by atoms with Crippen LogP contribution in [0.3, 0.4) is 0 Å². The monoisotopic (exact) mass is 332 g/mol. The first-order valence-electron chi connectivity index (χ1n) is 8.51. The van der Waals surface area contributed by atoms with Crippen molar-refractivity contribution in [1.82, 2.24) is 20.1 Å². The summed E-state index contributed by atoms with van der Waals surface area (Å²) in [6.07, 6.45) is 4.58. The van der Waals surface area contributed by atoms with Gasteiger partial charge in [-0.25, -0.2) is 9.78 Å². The highest BCUT2D eigenvalue weighted by Crippen LogP contribution is 2.16. The number of nitrogens with one attached hydrogen (secondary N) is 1. The van der Waals surface area contributed by atoms with E-state index in [0.29, 0.717) is 19.0 Å². The molecule has 1 aromatic heterocycles. The third kappa shape index (κ3) is 4.15. The van der Waals surface area contributed by atoms with Crippen molar-refractivity contribution in [3.63, 3.8) is 0 Å². The van der Waals surface area contributed by atoms with Crippen molar-refractivity contribution >= 4 is 11.9 Å². The summed E-state index contributed by atoms with van der Waals surface area (Å²) in [4.78, 5) is 31.9. The van der Waals surface area contributed by atoms with Gasteiger partial charge in [0.15, 0.2) is 0 Å². The number of hydrogen-bond acceptors (Lipinski definition) is 4. The molecule has 2 saturated heterocycles. The van der Waals surface area contributed by atoms with E-state index in [1.54, 1.807) is 16.0 Å². The first kappa shape index (κ1) is 16.5. The van der Waals surface area contributed by atoms with Gasteiger partial charge in [0.2, 0.25) is 11.8 Å². The van der Waals surface area contributed by atoms with Crippen LogP contribution in [-0.2, 0) is 4.79 Å². The second-order valence-corrected chi connectivity index (χ2v) is 6.39. The number of carbonyl (C=O) groups is 2. The fraction of sp³-hybridized carbons (Fsp3) is 0.588. The molecule has 24 heavy (non-hydrogen) atoms. The lowest BCUT2D eigenvalue weighted by molar-refractivity contribution is -0.129. The number of aromatic nitrogens is 1. The SMILES string of the molecule is Cc1ccc(OC2CCN(C(=O)CNC(=O)N3CCCC3)C2)nc1. The summed E-state index contributed by atoms with van der Waals surface area (Å²) in [7, 11) is 0. The lowest BCUT2D eigenvalue weighted by Gasteiger charge is -2.19. The van der Waals surface area contributed by atoms with E-state index in [-0.39, 0.29) is 24.6 Å². The van der Waals surface area contributed by atoms with Crippen LogP contribution < -0.4 is 10.1 Å². The van der Waals surface area contributed by atoms with Crippen molar-refractivity contribution in [2.24, 2.45) is 0 Å². The van der Waals surface area contributed by atoms with Gasteiger partial charge in [0.1, 0.15) is 6.10 Å². The molecule has 2 fully saturated rings. The number of ether oxygens (including phenoxy) is 1. The zero-order valence-electron chi connectivity index (χ0n) is 14.0. The minimum absolute atomic E-state index is 0.0431. The normalized spacial score (nSPS) is 20.3. The molecule has 130 valence electrons. The maximum absolute atomic E-state index is 12.2. The van der Waals surface area contributed by atoms with Gasteiger partial charge in [0.05, 0.1) is 13.1 Å². The number of amides is 3. The van der Waals surface area contributed by atoms with Crippen molar-refractivity contribution in [2.75, 3.05) is 32.7 Å². The number of urea groups is 1. The number of likely N-dealkylation sites (tertiary alicyclic amines) is 2. The number of rotatable bonds is 4. The van der Waals surface area contributed by atoms with Crippen molar-refractivity contribution < 1.29 is 14.3 Å². The van der Waals surface area contributed by atoms with Gasteiger partial charge in [0.25, 0.3) is 0 Å². The molecule has 7 nitrogen and oxygen atoms in total. The van der Waals surface area contributed by atoms with Gasteiger partial charge in [-0.2, -0.15) is 0 Å². The van der Waals surface area contributed by atoms with Crippen molar-refractivity contribution in [3.8, 4) is 5.88 Å². The topological polar surface area (TPSA) is 74.8 Å². The Morgan fingerprint density at radius 3 is 2.75 bits per heavy atom. The number of hydrogen-bond donors (Lipinski definition) is 1. The van der Waals surface area contributed by atoms with E-state index in [4.69, 9.17) is 4.74 Å². The summed E-state index contributed by atoms with van der Waals surface area (Å²) < 4.78 is 5.82. The fourth-order valence-corrected chi connectivity index (χ4v) is 3.04. The van der Waals surface area contributed by atoms with E-state index in [2.05, 4.69) is 10.3 Å². The summed E-state index contributed by atoms with van der Waals surface area (Å²) in [5.41, 5.74) is 1.08. The summed E-state index contributed by atoms with van der Waals surface area (Å²) in [6.45, 7) is 4.77. The standard InChI is InChI=1S/C17H24N4O3/c1-13-4-5-15(18-10-13)24-14-6-9-21(12-14)16(22)11-19-17(23)20-7-2-3-8-20/h4-5,10,14H,2-3,6-9,11-12H2,1H3,(H,19,23). The van der Waals surface area contributed by atoms with Gasteiger partial charge >= 0.3 is 6.03 Å². The maximum atomic E-state index is 12.2. The van der Waals surface area contributed by atoms with Crippen LogP contribution in [0.4, 0.5) is 4.79 Å². The molecule has 1 unspecified atom stereocenters. The van der Waals surface area contributed by atoms with Crippen molar-refractivity contribution in [3.05, 3.63) is 23.9 Å². The van der Waals surface area contributed by atoms with Gasteiger partial charge in [-0.1, -0.05) is 6.07 Å². The van der Waals surface area contributed by atoms with Gasteiger partial charge in [-0.05, 0) is 25.3 Å². The van der Waals surface area contributed by atoms with Crippen LogP contribution >= 0.6 is 0 Å². The van der Waals surface area contributed by atoms with Crippen LogP contribution in [0, 0.1) is 6.92 Å². The molecule has 0 spiro atoms. The van der Waals surface area contributed by atoms with Crippen LogP contribution in [0.1, 0.15) is 24.8 Å². The number of aryl methyl sites for hydroxylation is 1. The van der Waals surface area contributed by atoms with Crippen LogP contribution in [-0.4, -0.2) is 65.5 Å². The van der Waals surface area contributed by atoms with E-state index in [9.17, 15) is 9.59 Å². The summed E-state index contributed by atoms with van der Waals surface area (Å²) in [5.74, 6) is 0.521. The third-order valence-electron chi connectivity index (χ3n) is 4.45. The van der Waals surface area contributed by atoms with E-state index in [1.807, 2.05) is 19.1 Å². The quantitative estimate of drug-likeness (QED) is 0.898. The molecule has 3 amide bonds. The van der Waals surface area contributed by atoms with Gasteiger partial charge in [-0.15, -0.1) is 0 Å². The molecule has 1 aromatic rings. The first-order valence-corrected chi connectivity index (χ1v) is 8.51. The molecular weight excluding hydrogens is 308 g/mol. The van der Waals surface area contributed by atoms with E-state index in [0.717, 1.165) is 37.9 Å². The second-order valence-electron chi connectivity index (χ2n) is 6.39. The number of nitrogens with zero attached hydrogens (tertiary/aromatic N) is 3. The minimum Gasteiger partial charge on any atom is -0.472 e. The molecule has 0 aliphatic carbocycles. The average Bonchev–Trinajstić information content (AvgIpc) is 3.26. The van der Waals surface area contributed by atoms with Crippen LogP contribution in [0.5, 0.6) is 5.88 Å². The van der Waals surface area contributed by atoms with E-state index >= 15 is 0 Å².